The quantitative estimate of drug-likeness (QED) is 0.858. The fraction of sp³-hybridized carbons (Fsp3) is 0.625. The van der Waals surface area contributed by atoms with Crippen LogP contribution in [0.1, 0.15) is 24.8 Å². The number of hydrogen-bond donors (Lipinski definition) is 1. The van der Waals surface area contributed by atoms with Gasteiger partial charge in [0.05, 0.1) is 0 Å². The van der Waals surface area contributed by atoms with Crippen LogP contribution in [0.2, 0.25) is 0 Å². The van der Waals surface area contributed by atoms with Crippen molar-refractivity contribution in [1.82, 2.24) is 10.2 Å². The molecule has 0 bridgehead atoms. The van der Waals surface area contributed by atoms with Crippen LogP contribution in [0.25, 0.3) is 0 Å². The van der Waals surface area contributed by atoms with Crippen LogP contribution < -0.4 is 5.32 Å². The Hall–Kier alpha value is -0.860. The van der Waals surface area contributed by atoms with Gasteiger partial charge in [0.25, 0.3) is 0 Å². The van der Waals surface area contributed by atoms with Gasteiger partial charge >= 0.3 is 0 Å². The van der Waals surface area contributed by atoms with E-state index in [0.717, 1.165) is 5.92 Å². The van der Waals surface area contributed by atoms with Gasteiger partial charge in [-0.2, -0.15) is 0 Å². The molecule has 1 aromatic rings. The molecule has 1 aromatic carbocycles. The molecule has 18 heavy (non-hydrogen) atoms. The molecule has 3 rings (SSSR count). The number of piperidine rings is 1. The van der Waals surface area contributed by atoms with Gasteiger partial charge < -0.3 is 10.2 Å². The van der Waals surface area contributed by atoms with E-state index in [-0.39, 0.29) is 0 Å². The van der Waals surface area contributed by atoms with Crippen molar-refractivity contribution >= 4 is 0 Å². The van der Waals surface area contributed by atoms with E-state index in [1.807, 2.05) is 0 Å². The fourth-order valence-electron chi connectivity index (χ4n) is 3.87. The molecular formula is C16H24N2. The predicted molar refractivity (Wildman–Crippen MR) is 75.8 cm³/mol. The first kappa shape index (κ1) is 12.2. The molecule has 0 saturated carbocycles. The average molecular weight is 244 g/mol. The molecule has 2 aliphatic rings. The molecule has 2 nitrogen and oxygen atoms in total. The van der Waals surface area contributed by atoms with Crippen molar-refractivity contribution in [2.24, 2.45) is 5.92 Å². The smallest absolute Gasteiger partial charge is 0.0119 e. The van der Waals surface area contributed by atoms with Gasteiger partial charge in [0.15, 0.2) is 0 Å². The lowest BCUT2D eigenvalue weighted by Crippen LogP contribution is -2.43. The maximum Gasteiger partial charge on any atom is 0.0119 e. The minimum Gasteiger partial charge on any atom is -0.316 e. The summed E-state index contributed by atoms with van der Waals surface area (Å²) in [5.74, 6) is 0.853. The van der Waals surface area contributed by atoms with E-state index in [1.165, 1.54) is 45.4 Å². The van der Waals surface area contributed by atoms with Crippen molar-refractivity contribution in [2.75, 3.05) is 33.2 Å². The van der Waals surface area contributed by atoms with Crippen molar-refractivity contribution in [3.05, 3.63) is 35.9 Å². The third kappa shape index (κ3) is 2.08. The lowest BCUT2D eigenvalue weighted by atomic mass is 9.66. The van der Waals surface area contributed by atoms with E-state index in [0.29, 0.717) is 5.41 Å². The Morgan fingerprint density at radius 1 is 1.17 bits per heavy atom. The summed E-state index contributed by atoms with van der Waals surface area (Å²) in [6, 6.07) is 11.2. The van der Waals surface area contributed by atoms with Crippen LogP contribution in [0.5, 0.6) is 0 Å². The molecule has 0 spiro atoms. The Labute approximate surface area is 110 Å². The first-order valence-electron chi connectivity index (χ1n) is 7.26. The number of benzene rings is 1. The Kier molecular flexibility index (Phi) is 3.40. The van der Waals surface area contributed by atoms with Gasteiger partial charge in [0.1, 0.15) is 0 Å². The molecule has 2 saturated heterocycles. The second kappa shape index (κ2) is 5.02. The zero-order valence-electron chi connectivity index (χ0n) is 11.4. The topological polar surface area (TPSA) is 15.3 Å². The monoisotopic (exact) mass is 244 g/mol. The number of likely N-dealkylation sites (tertiary alicyclic amines) is 1. The second-order valence-electron chi connectivity index (χ2n) is 6.03. The highest BCUT2D eigenvalue weighted by molar-refractivity contribution is 5.29. The molecule has 2 heteroatoms. The lowest BCUT2D eigenvalue weighted by molar-refractivity contribution is 0.153. The predicted octanol–water partition coefficient (Wildman–Crippen LogP) is 2.26. The van der Waals surface area contributed by atoms with Gasteiger partial charge in [-0.3, -0.25) is 0 Å². The Morgan fingerprint density at radius 3 is 2.50 bits per heavy atom. The average Bonchev–Trinajstić information content (AvgIpc) is 2.91. The molecule has 0 amide bonds. The Bertz CT molecular complexity index is 373. The van der Waals surface area contributed by atoms with Crippen LogP contribution in [0.3, 0.4) is 0 Å². The molecular weight excluding hydrogens is 220 g/mol. The highest BCUT2D eigenvalue weighted by atomic mass is 15.1. The molecule has 0 radical (unpaired) electrons. The Morgan fingerprint density at radius 2 is 1.89 bits per heavy atom. The van der Waals surface area contributed by atoms with Gasteiger partial charge in [-0.15, -0.1) is 0 Å². The van der Waals surface area contributed by atoms with Crippen LogP contribution >= 0.6 is 0 Å². The van der Waals surface area contributed by atoms with E-state index in [1.54, 1.807) is 5.56 Å². The van der Waals surface area contributed by atoms with Gasteiger partial charge in [-0.05, 0) is 57.4 Å². The molecule has 1 atom stereocenters. The van der Waals surface area contributed by atoms with Crippen LogP contribution in [0.15, 0.2) is 30.3 Å². The highest BCUT2D eigenvalue weighted by Gasteiger charge is 2.43. The lowest BCUT2D eigenvalue weighted by Gasteiger charge is -2.42. The zero-order chi connectivity index (χ0) is 12.4. The minimum atomic E-state index is 0.405. The summed E-state index contributed by atoms with van der Waals surface area (Å²) in [5.41, 5.74) is 1.97. The molecule has 2 heterocycles. The SMILES string of the molecule is CN1CCC(C2(c3ccccc3)CCNC2)CC1. The standard InChI is InChI=1S/C16H24N2/c1-18-11-7-15(8-12-18)16(9-10-17-13-16)14-5-3-2-4-6-14/h2-6,15,17H,7-13H2,1H3. The number of hydrogen-bond acceptors (Lipinski definition) is 2. The maximum atomic E-state index is 3.61. The number of nitrogens with zero attached hydrogens (tertiary/aromatic N) is 1. The van der Waals surface area contributed by atoms with Gasteiger partial charge in [0, 0.05) is 12.0 Å². The van der Waals surface area contributed by atoms with Crippen LogP contribution in [-0.4, -0.2) is 38.1 Å². The minimum absolute atomic E-state index is 0.405. The second-order valence-corrected chi connectivity index (χ2v) is 6.03. The van der Waals surface area contributed by atoms with E-state index in [9.17, 15) is 0 Å². The van der Waals surface area contributed by atoms with Gasteiger partial charge in [-0.1, -0.05) is 30.3 Å². The third-order valence-electron chi connectivity index (χ3n) is 5.04. The van der Waals surface area contributed by atoms with Crippen LogP contribution in [-0.2, 0) is 5.41 Å². The summed E-state index contributed by atoms with van der Waals surface area (Å²) in [6.45, 7) is 4.88. The van der Waals surface area contributed by atoms with Crippen molar-refractivity contribution in [2.45, 2.75) is 24.7 Å². The maximum absolute atomic E-state index is 3.61. The van der Waals surface area contributed by atoms with Crippen LogP contribution in [0, 0.1) is 5.92 Å². The molecule has 98 valence electrons. The first-order chi connectivity index (χ1) is 8.81. The summed E-state index contributed by atoms with van der Waals surface area (Å²) < 4.78 is 0. The number of nitrogens with one attached hydrogen (secondary N) is 1. The van der Waals surface area contributed by atoms with E-state index < -0.39 is 0 Å². The third-order valence-corrected chi connectivity index (χ3v) is 5.04. The van der Waals surface area contributed by atoms with Crippen molar-refractivity contribution in [3.63, 3.8) is 0 Å². The van der Waals surface area contributed by atoms with Crippen LogP contribution in [0.4, 0.5) is 0 Å². The largest absolute Gasteiger partial charge is 0.316 e. The normalized spacial score (nSPS) is 30.7. The first-order valence-corrected chi connectivity index (χ1v) is 7.26. The molecule has 0 aromatic heterocycles. The summed E-state index contributed by atoms with van der Waals surface area (Å²) in [5, 5.41) is 3.61. The molecule has 0 aliphatic carbocycles. The Balaban J connectivity index is 1.87. The van der Waals surface area contributed by atoms with Gasteiger partial charge in [-0.25, -0.2) is 0 Å². The van der Waals surface area contributed by atoms with E-state index in [2.05, 4.69) is 47.6 Å². The molecule has 1 N–H and O–H groups in total. The zero-order valence-corrected chi connectivity index (χ0v) is 11.4. The van der Waals surface area contributed by atoms with E-state index in [4.69, 9.17) is 0 Å². The summed E-state index contributed by atoms with van der Waals surface area (Å²) >= 11 is 0. The van der Waals surface area contributed by atoms with Gasteiger partial charge in [0.2, 0.25) is 0 Å². The summed E-state index contributed by atoms with van der Waals surface area (Å²) in [7, 11) is 2.25. The van der Waals surface area contributed by atoms with Crippen molar-refractivity contribution < 1.29 is 0 Å². The fourth-order valence-corrected chi connectivity index (χ4v) is 3.87. The number of rotatable bonds is 2. The highest BCUT2D eigenvalue weighted by Crippen LogP contribution is 2.42. The molecule has 2 fully saturated rings. The summed E-state index contributed by atoms with van der Waals surface area (Å²) in [6.07, 6.45) is 4.02. The van der Waals surface area contributed by atoms with E-state index >= 15 is 0 Å². The summed E-state index contributed by atoms with van der Waals surface area (Å²) in [4.78, 5) is 2.47. The van der Waals surface area contributed by atoms with Crippen molar-refractivity contribution in [1.29, 1.82) is 0 Å². The van der Waals surface area contributed by atoms with Crippen molar-refractivity contribution in [3.8, 4) is 0 Å². The molecule has 1 unspecified atom stereocenters. The molecule has 2 aliphatic heterocycles.